The van der Waals surface area contributed by atoms with E-state index in [4.69, 9.17) is 12.2 Å². The number of carbonyl (C=O) groups excluding carboxylic acids is 1. The van der Waals surface area contributed by atoms with Gasteiger partial charge >= 0.3 is 0 Å². The molecule has 6 unspecified atom stereocenters. The zero-order valence-electron chi connectivity index (χ0n) is 20.7. The van der Waals surface area contributed by atoms with Gasteiger partial charge in [0.25, 0.3) is 0 Å². The van der Waals surface area contributed by atoms with Crippen LogP contribution < -0.4 is 0 Å². The fraction of sp³-hybridized carbons (Fsp3) is 0.926. The standard InChI is InChI=1S/C27H43NO3S2/c1-16(4-7-23(31)28-12-13-33-25(28)32)19-5-6-20-24-21(9-11-27(19,20)3)26(2)10-8-18(29)14-17(26)15-22(24)30/h16-22,24,29-30H,4-15H2,1-3H3/t16?,17?,18?,19-,20?,21?,22-,24?,26+,27-/m1/s1. The highest BCUT2D eigenvalue weighted by atomic mass is 32.2. The highest BCUT2D eigenvalue weighted by molar-refractivity contribution is 8.23. The van der Waals surface area contributed by atoms with Gasteiger partial charge in [0.05, 0.1) is 12.2 Å². The zero-order chi connectivity index (χ0) is 23.5. The van der Waals surface area contributed by atoms with Gasteiger partial charge in [-0.3, -0.25) is 9.69 Å². The summed E-state index contributed by atoms with van der Waals surface area (Å²) in [6, 6.07) is 0. The first kappa shape index (κ1) is 24.5. The lowest BCUT2D eigenvalue weighted by Crippen LogP contribution is -2.58. The number of aliphatic hydroxyl groups is 2. The molecule has 0 aromatic heterocycles. The molecule has 0 spiro atoms. The molecule has 0 aromatic carbocycles. The van der Waals surface area contributed by atoms with Crippen LogP contribution in [0.25, 0.3) is 0 Å². The Morgan fingerprint density at radius 3 is 2.58 bits per heavy atom. The first-order valence-electron chi connectivity index (χ1n) is 13.5. The van der Waals surface area contributed by atoms with E-state index in [1.54, 1.807) is 11.8 Å². The third kappa shape index (κ3) is 4.03. The van der Waals surface area contributed by atoms with Crippen LogP contribution in [0.15, 0.2) is 0 Å². The number of hydrogen-bond acceptors (Lipinski definition) is 5. The summed E-state index contributed by atoms with van der Waals surface area (Å²) in [6.07, 6.45) is 9.92. The zero-order valence-corrected chi connectivity index (χ0v) is 22.3. The van der Waals surface area contributed by atoms with Crippen molar-refractivity contribution < 1.29 is 15.0 Å². The van der Waals surface area contributed by atoms with Crippen molar-refractivity contribution in [1.82, 2.24) is 4.90 Å². The second-order valence-electron chi connectivity index (χ2n) is 12.6. The van der Waals surface area contributed by atoms with Crippen LogP contribution in [0.2, 0.25) is 0 Å². The Hall–Kier alpha value is -0.170. The summed E-state index contributed by atoms with van der Waals surface area (Å²) in [4.78, 5) is 14.5. The van der Waals surface area contributed by atoms with Crippen LogP contribution in [0.1, 0.15) is 85.0 Å². The van der Waals surface area contributed by atoms with Crippen LogP contribution in [0.3, 0.4) is 0 Å². The molecular formula is C27H43NO3S2. The Balaban J connectivity index is 1.28. The first-order valence-corrected chi connectivity index (χ1v) is 14.9. The summed E-state index contributed by atoms with van der Waals surface area (Å²) in [5.74, 6) is 4.40. The van der Waals surface area contributed by atoms with Gasteiger partial charge in [-0.25, -0.2) is 0 Å². The topological polar surface area (TPSA) is 60.8 Å². The number of hydrogen-bond donors (Lipinski definition) is 2. The van der Waals surface area contributed by atoms with Crippen LogP contribution in [0.5, 0.6) is 0 Å². The fourth-order valence-corrected chi connectivity index (χ4v) is 10.7. The van der Waals surface area contributed by atoms with E-state index in [0.717, 1.165) is 48.7 Å². The number of amides is 1. The maximum atomic E-state index is 12.7. The largest absolute Gasteiger partial charge is 0.393 e. The van der Waals surface area contributed by atoms with Crippen LogP contribution in [0, 0.1) is 46.3 Å². The van der Waals surface area contributed by atoms with Crippen molar-refractivity contribution in [2.24, 2.45) is 46.3 Å². The quantitative estimate of drug-likeness (QED) is 0.524. The lowest BCUT2D eigenvalue weighted by Gasteiger charge is -2.62. The monoisotopic (exact) mass is 493 g/mol. The minimum atomic E-state index is -0.215. The number of carbonyl (C=O) groups is 1. The molecule has 5 rings (SSSR count). The second kappa shape index (κ2) is 9.05. The van der Waals surface area contributed by atoms with Gasteiger partial charge in [0, 0.05) is 18.7 Å². The van der Waals surface area contributed by atoms with E-state index in [9.17, 15) is 15.0 Å². The maximum Gasteiger partial charge on any atom is 0.228 e. The smallest absolute Gasteiger partial charge is 0.228 e. The molecular weight excluding hydrogens is 450 g/mol. The van der Waals surface area contributed by atoms with E-state index < -0.39 is 0 Å². The lowest BCUT2D eigenvalue weighted by atomic mass is 9.43. The molecule has 1 aliphatic heterocycles. The van der Waals surface area contributed by atoms with Crippen LogP contribution in [0.4, 0.5) is 0 Å². The predicted octanol–water partition coefficient (Wildman–Crippen LogP) is 5.25. The average molecular weight is 494 g/mol. The number of rotatable bonds is 4. The first-order chi connectivity index (χ1) is 15.6. The molecule has 4 aliphatic carbocycles. The molecule has 6 heteroatoms. The van der Waals surface area contributed by atoms with Crippen molar-refractivity contribution in [3.8, 4) is 0 Å². The molecule has 33 heavy (non-hydrogen) atoms. The highest BCUT2D eigenvalue weighted by Crippen LogP contribution is 2.68. The van der Waals surface area contributed by atoms with E-state index in [1.807, 2.05) is 4.90 Å². The Bertz CT molecular complexity index is 791. The normalized spacial score (nSPS) is 48.2. The Kier molecular flexibility index (Phi) is 6.72. The van der Waals surface area contributed by atoms with Gasteiger partial charge in [-0.2, -0.15) is 0 Å². The van der Waals surface area contributed by atoms with E-state index >= 15 is 0 Å². The minimum Gasteiger partial charge on any atom is -0.393 e. The molecule has 5 fully saturated rings. The molecule has 1 heterocycles. The van der Waals surface area contributed by atoms with E-state index in [-0.39, 0.29) is 28.9 Å². The van der Waals surface area contributed by atoms with Gasteiger partial charge in [0.15, 0.2) is 0 Å². The van der Waals surface area contributed by atoms with Crippen molar-refractivity contribution >= 4 is 34.2 Å². The van der Waals surface area contributed by atoms with Crippen molar-refractivity contribution in [2.45, 2.75) is 97.2 Å². The lowest BCUT2D eigenvalue weighted by molar-refractivity contribution is -0.174. The molecule has 0 bridgehead atoms. The van der Waals surface area contributed by atoms with Crippen molar-refractivity contribution in [3.05, 3.63) is 0 Å². The van der Waals surface area contributed by atoms with Crippen LogP contribution in [-0.2, 0) is 4.79 Å². The molecule has 4 nitrogen and oxygen atoms in total. The number of thioether (sulfide) groups is 1. The van der Waals surface area contributed by atoms with Gasteiger partial charge in [-0.1, -0.05) is 44.8 Å². The SMILES string of the molecule is CC(CCC(=O)N1CCSC1=S)[C@H]1CCC2C3C(CC[C@@]21C)[C@@]1(C)CCC(O)CC1C[C@H]3O. The molecule has 5 aliphatic rings. The fourth-order valence-electron chi connectivity index (χ4n) is 9.48. The van der Waals surface area contributed by atoms with Gasteiger partial charge in [-0.15, -0.1) is 0 Å². The molecule has 2 N–H and O–H groups in total. The van der Waals surface area contributed by atoms with Crippen molar-refractivity contribution in [2.75, 3.05) is 12.3 Å². The molecule has 1 saturated heterocycles. The molecule has 0 radical (unpaired) electrons. The van der Waals surface area contributed by atoms with Gasteiger partial charge in [0.1, 0.15) is 4.32 Å². The summed E-state index contributed by atoms with van der Waals surface area (Å²) in [6.45, 7) is 8.14. The van der Waals surface area contributed by atoms with Gasteiger partial charge < -0.3 is 10.2 Å². The number of aliphatic hydroxyl groups excluding tert-OH is 2. The Morgan fingerprint density at radius 2 is 1.85 bits per heavy atom. The van der Waals surface area contributed by atoms with E-state index in [0.29, 0.717) is 41.9 Å². The molecule has 4 saturated carbocycles. The third-order valence-corrected chi connectivity index (χ3v) is 12.7. The highest BCUT2D eigenvalue weighted by Gasteiger charge is 2.62. The summed E-state index contributed by atoms with van der Waals surface area (Å²) in [5, 5.41) is 21.7. The summed E-state index contributed by atoms with van der Waals surface area (Å²) in [5.41, 5.74) is 0.563. The summed E-state index contributed by atoms with van der Waals surface area (Å²) in [7, 11) is 0. The van der Waals surface area contributed by atoms with Crippen molar-refractivity contribution in [1.29, 1.82) is 0 Å². The van der Waals surface area contributed by atoms with Crippen molar-refractivity contribution in [3.63, 3.8) is 0 Å². The summed E-state index contributed by atoms with van der Waals surface area (Å²) >= 11 is 6.97. The molecule has 1 amide bonds. The van der Waals surface area contributed by atoms with Gasteiger partial charge in [-0.05, 0) is 104 Å². The minimum absolute atomic E-state index is 0.173. The number of nitrogens with zero attached hydrogens (tertiary/aromatic N) is 1. The summed E-state index contributed by atoms with van der Waals surface area (Å²) < 4.78 is 0.757. The molecule has 0 aromatic rings. The van der Waals surface area contributed by atoms with E-state index in [1.165, 1.54) is 25.7 Å². The van der Waals surface area contributed by atoms with Crippen LogP contribution in [-0.4, -0.2) is 49.8 Å². The maximum absolute atomic E-state index is 12.7. The number of fused-ring (bicyclic) bond motifs is 5. The number of thiocarbonyl (C=S) groups is 1. The van der Waals surface area contributed by atoms with Gasteiger partial charge in [0.2, 0.25) is 5.91 Å². The van der Waals surface area contributed by atoms with Crippen LogP contribution >= 0.6 is 24.0 Å². The average Bonchev–Trinajstić information content (AvgIpc) is 3.36. The van der Waals surface area contributed by atoms with E-state index in [2.05, 4.69) is 20.8 Å². The third-order valence-electron chi connectivity index (χ3n) is 11.3. The molecule has 186 valence electrons. The Labute approximate surface area is 209 Å². The predicted molar refractivity (Wildman–Crippen MR) is 138 cm³/mol. The molecule has 10 atom stereocenters. The Morgan fingerprint density at radius 1 is 1.12 bits per heavy atom. The second-order valence-corrected chi connectivity index (χ2v) is 14.4.